The molecule has 72 valence electrons. The Morgan fingerprint density at radius 3 is 2.00 bits per heavy atom. The third-order valence-electron chi connectivity index (χ3n) is 2.29. The maximum absolute atomic E-state index is 12.4. The SMILES string of the molecule is NCC1(CC(F)F)CC(F)(F)C1. The summed E-state index contributed by atoms with van der Waals surface area (Å²) in [5, 5.41) is 0. The van der Waals surface area contributed by atoms with E-state index >= 15 is 0 Å². The molecule has 1 aliphatic carbocycles. The van der Waals surface area contributed by atoms with Gasteiger partial charge in [0.15, 0.2) is 0 Å². The number of rotatable bonds is 3. The quantitative estimate of drug-likeness (QED) is 0.669. The second kappa shape index (κ2) is 2.87. The molecule has 1 rings (SSSR count). The van der Waals surface area contributed by atoms with Gasteiger partial charge in [-0.05, 0) is 12.0 Å². The minimum Gasteiger partial charge on any atom is -0.330 e. The van der Waals surface area contributed by atoms with Crippen LogP contribution in [0.5, 0.6) is 0 Å². The molecule has 0 aromatic heterocycles. The lowest BCUT2D eigenvalue weighted by molar-refractivity contribution is -0.170. The summed E-state index contributed by atoms with van der Waals surface area (Å²) >= 11 is 0. The van der Waals surface area contributed by atoms with Crippen molar-refractivity contribution in [3.05, 3.63) is 0 Å². The number of hydrogen-bond donors (Lipinski definition) is 1. The summed E-state index contributed by atoms with van der Waals surface area (Å²) in [5.74, 6) is -2.77. The second-order valence-corrected chi connectivity index (χ2v) is 3.51. The van der Waals surface area contributed by atoms with E-state index in [9.17, 15) is 17.6 Å². The molecule has 0 atom stereocenters. The van der Waals surface area contributed by atoms with Crippen molar-refractivity contribution in [2.24, 2.45) is 11.1 Å². The molecule has 0 amide bonds. The van der Waals surface area contributed by atoms with Gasteiger partial charge in [-0.15, -0.1) is 0 Å². The minimum atomic E-state index is -2.77. The lowest BCUT2D eigenvalue weighted by atomic mass is 9.64. The van der Waals surface area contributed by atoms with Gasteiger partial charge < -0.3 is 5.73 Å². The summed E-state index contributed by atoms with van der Waals surface area (Å²) in [6.07, 6.45) is -4.01. The number of halogens is 4. The molecule has 0 saturated heterocycles. The molecule has 0 aromatic rings. The van der Waals surface area contributed by atoms with Crippen LogP contribution in [0.3, 0.4) is 0 Å². The van der Waals surface area contributed by atoms with Gasteiger partial charge in [0.25, 0.3) is 0 Å². The van der Waals surface area contributed by atoms with Gasteiger partial charge in [-0.25, -0.2) is 17.6 Å². The van der Waals surface area contributed by atoms with Crippen LogP contribution >= 0.6 is 0 Å². The summed E-state index contributed by atoms with van der Waals surface area (Å²) in [6, 6.07) is 0. The average molecular weight is 185 g/mol. The molecule has 12 heavy (non-hydrogen) atoms. The van der Waals surface area contributed by atoms with Crippen LogP contribution in [0.2, 0.25) is 0 Å². The van der Waals surface area contributed by atoms with E-state index in [0.29, 0.717) is 0 Å². The summed E-state index contributed by atoms with van der Waals surface area (Å²) in [7, 11) is 0. The molecule has 1 nitrogen and oxygen atoms in total. The van der Waals surface area contributed by atoms with Crippen LogP contribution in [0.4, 0.5) is 17.6 Å². The van der Waals surface area contributed by atoms with Gasteiger partial charge in [-0.1, -0.05) is 0 Å². The minimum absolute atomic E-state index is 0.0765. The van der Waals surface area contributed by atoms with Crippen molar-refractivity contribution in [2.45, 2.75) is 31.6 Å². The maximum atomic E-state index is 12.4. The average Bonchev–Trinajstić information content (AvgIpc) is 1.81. The molecule has 0 radical (unpaired) electrons. The van der Waals surface area contributed by atoms with E-state index in [0.717, 1.165) is 0 Å². The Balaban J connectivity index is 2.47. The van der Waals surface area contributed by atoms with Gasteiger partial charge in [0, 0.05) is 19.3 Å². The van der Waals surface area contributed by atoms with E-state index in [-0.39, 0.29) is 6.54 Å². The Hall–Kier alpha value is -0.320. The van der Waals surface area contributed by atoms with Crippen LogP contribution in [0, 0.1) is 5.41 Å². The molecular weight excluding hydrogens is 174 g/mol. The lowest BCUT2D eigenvalue weighted by Gasteiger charge is -2.46. The Morgan fingerprint density at radius 2 is 1.75 bits per heavy atom. The van der Waals surface area contributed by atoms with Crippen molar-refractivity contribution in [1.82, 2.24) is 0 Å². The highest BCUT2D eigenvalue weighted by molar-refractivity contribution is 4.99. The van der Waals surface area contributed by atoms with Crippen LogP contribution in [-0.4, -0.2) is 18.9 Å². The van der Waals surface area contributed by atoms with Gasteiger partial charge in [0.2, 0.25) is 12.3 Å². The zero-order valence-corrected chi connectivity index (χ0v) is 6.49. The molecule has 1 aliphatic rings. The van der Waals surface area contributed by atoms with Crippen molar-refractivity contribution >= 4 is 0 Å². The number of nitrogens with two attached hydrogens (primary N) is 1. The molecule has 5 heteroatoms. The fourth-order valence-electron chi connectivity index (χ4n) is 1.74. The predicted molar refractivity (Wildman–Crippen MR) is 36.3 cm³/mol. The third kappa shape index (κ3) is 1.88. The molecule has 0 heterocycles. The number of hydrogen-bond acceptors (Lipinski definition) is 1. The molecule has 0 aromatic carbocycles. The highest BCUT2D eigenvalue weighted by Gasteiger charge is 2.56. The zero-order valence-electron chi connectivity index (χ0n) is 6.49. The molecule has 0 aliphatic heterocycles. The Bertz CT molecular complexity index is 155. The molecule has 1 saturated carbocycles. The van der Waals surface area contributed by atoms with Gasteiger partial charge in [0.1, 0.15) is 0 Å². The van der Waals surface area contributed by atoms with Gasteiger partial charge in [-0.3, -0.25) is 0 Å². The van der Waals surface area contributed by atoms with Crippen LogP contribution in [0.15, 0.2) is 0 Å². The topological polar surface area (TPSA) is 26.0 Å². The molecule has 2 N–H and O–H groups in total. The first-order valence-corrected chi connectivity index (χ1v) is 3.75. The van der Waals surface area contributed by atoms with E-state index in [1.165, 1.54) is 0 Å². The number of alkyl halides is 4. The Kier molecular flexibility index (Phi) is 2.33. The van der Waals surface area contributed by atoms with E-state index in [1.807, 2.05) is 0 Å². The molecule has 1 fully saturated rings. The second-order valence-electron chi connectivity index (χ2n) is 3.51. The van der Waals surface area contributed by atoms with Crippen molar-refractivity contribution in [3.63, 3.8) is 0 Å². The van der Waals surface area contributed by atoms with Crippen molar-refractivity contribution in [3.8, 4) is 0 Å². The monoisotopic (exact) mass is 185 g/mol. The molecule has 0 bridgehead atoms. The summed E-state index contributed by atoms with van der Waals surface area (Å²) in [5.41, 5.74) is 4.17. The highest BCUT2D eigenvalue weighted by Crippen LogP contribution is 2.54. The van der Waals surface area contributed by atoms with Crippen molar-refractivity contribution in [2.75, 3.05) is 6.54 Å². The smallest absolute Gasteiger partial charge is 0.249 e. The first-order chi connectivity index (χ1) is 5.39. The molecule has 0 spiro atoms. The van der Waals surface area contributed by atoms with Crippen LogP contribution in [0.1, 0.15) is 19.3 Å². The van der Waals surface area contributed by atoms with E-state index in [4.69, 9.17) is 5.73 Å². The fourth-order valence-corrected chi connectivity index (χ4v) is 1.74. The van der Waals surface area contributed by atoms with E-state index < -0.39 is 37.0 Å². The Labute approximate surface area is 67.9 Å². The molecular formula is C7H11F4N. The third-order valence-corrected chi connectivity index (χ3v) is 2.29. The largest absolute Gasteiger partial charge is 0.330 e. The first kappa shape index (κ1) is 9.77. The summed E-state index contributed by atoms with van der Waals surface area (Å²) in [6.45, 7) is -0.0765. The van der Waals surface area contributed by atoms with Gasteiger partial charge in [-0.2, -0.15) is 0 Å². The summed E-state index contributed by atoms with van der Waals surface area (Å²) in [4.78, 5) is 0. The maximum Gasteiger partial charge on any atom is 0.249 e. The van der Waals surface area contributed by atoms with Crippen LogP contribution in [0.25, 0.3) is 0 Å². The predicted octanol–water partition coefficient (Wildman–Crippen LogP) is 2.02. The molecule has 0 unspecified atom stereocenters. The van der Waals surface area contributed by atoms with Crippen LogP contribution in [-0.2, 0) is 0 Å². The van der Waals surface area contributed by atoms with Gasteiger partial charge >= 0.3 is 0 Å². The van der Waals surface area contributed by atoms with E-state index in [1.54, 1.807) is 0 Å². The van der Waals surface area contributed by atoms with Crippen LogP contribution < -0.4 is 5.73 Å². The van der Waals surface area contributed by atoms with E-state index in [2.05, 4.69) is 0 Å². The highest BCUT2D eigenvalue weighted by atomic mass is 19.3. The first-order valence-electron chi connectivity index (χ1n) is 3.75. The lowest BCUT2D eigenvalue weighted by Crippen LogP contribution is -2.51. The fraction of sp³-hybridized carbons (Fsp3) is 1.00. The normalized spacial score (nSPS) is 25.5. The standard InChI is InChI=1S/C7H11F4N/c8-5(9)1-6(4-12)2-7(10,11)3-6/h5H,1-4,12H2. The van der Waals surface area contributed by atoms with Crippen molar-refractivity contribution < 1.29 is 17.6 Å². The van der Waals surface area contributed by atoms with Gasteiger partial charge in [0.05, 0.1) is 0 Å². The summed E-state index contributed by atoms with van der Waals surface area (Å²) < 4.78 is 48.5. The zero-order chi connectivity index (χ0) is 9.41. The Morgan fingerprint density at radius 1 is 1.25 bits per heavy atom. The van der Waals surface area contributed by atoms with Crippen molar-refractivity contribution in [1.29, 1.82) is 0 Å².